The molecule has 0 atom stereocenters. The average molecular weight is 420 g/mol. The molecule has 0 unspecified atom stereocenters. The van der Waals surface area contributed by atoms with Crippen molar-refractivity contribution in [2.75, 3.05) is 6.61 Å². The first kappa shape index (κ1) is 28.6. The first-order chi connectivity index (χ1) is 12.8. The van der Waals surface area contributed by atoms with E-state index in [9.17, 15) is 0 Å². The van der Waals surface area contributed by atoms with Gasteiger partial charge in [-0.15, -0.1) is 0 Å². The van der Waals surface area contributed by atoms with Crippen molar-refractivity contribution in [3.8, 4) is 0 Å². The van der Waals surface area contributed by atoms with Crippen LogP contribution in [-0.4, -0.2) is 21.3 Å². The molecular weight excluding hydrogens is 387 g/mol. The molecule has 0 aromatic carbocycles. The van der Waals surface area contributed by atoms with Crippen LogP contribution in [0.3, 0.4) is 0 Å². The summed E-state index contributed by atoms with van der Waals surface area (Å²) in [5, 5.41) is 20.2. The van der Waals surface area contributed by atoms with Crippen LogP contribution >= 0.6 is 7.82 Å². The fourth-order valence-corrected chi connectivity index (χ4v) is 1.78. The highest BCUT2D eigenvalue weighted by atomic mass is 31.2. The average Bonchev–Trinajstić information content (AvgIpc) is 2.56. The first-order valence-electron chi connectivity index (χ1n) is 8.78. The van der Waals surface area contributed by atoms with Crippen molar-refractivity contribution in [1.29, 1.82) is 0 Å². The maximum absolute atomic E-state index is 8.88. The molecule has 11 nitrogen and oxygen atoms in total. The zero-order valence-electron chi connectivity index (χ0n) is 16.2. The summed E-state index contributed by atoms with van der Waals surface area (Å²) in [6.07, 6.45) is 12.7. The molecule has 27 heavy (non-hydrogen) atoms. The van der Waals surface area contributed by atoms with Crippen LogP contribution in [0.5, 0.6) is 0 Å². The number of hydrogen-bond acceptors (Lipinski definition) is 8. The lowest BCUT2D eigenvalue weighted by Crippen LogP contribution is -2.01. The van der Waals surface area contributed by atoms with Gasteiger partial charge in [-0.2, -0.15) is 0 Å². The number of hydrogen-bond donors (Lipinski definition) is 3. The molecule has 0 saturated heterocycles. The van der Waals surface area contributed by atoms with Crippen molar-refractivity contribution in [1.82, 2.24) is 0 Å². The normalized spacial score (nSPS) is 11.7. The van der Waals surface area contributed by atoms with Gasteiger partial charge in [0.2, 0.25) is 0 Å². The number of rotatable bonds is 17. The van der Waals surface area contributed by atoms with Crippen molar-refractivity contribution >= 4 is 7.82 Å². The maximum Gasteiger partial charge on any atom is 0.466 e. The fourth-order valence-electron chi connectivity index (χ4n) is 1.78. The van der Waals surface area contributed by atoms with Gasteiger partial charge < -0.3 is 19.6 Å². The molecule has 3 N–H and O–H groups in total. The van der Waals surface area contributed by atoms with E-state index in [0.29, 0.717) is 6.61 Å². The Morgan fingerprint density at radius 1 is 0.815 bits per heavy atom. The van der Waals surface area contributed by atoms with Gasteiger partial charge in [-0.05, 0) is 35.4 Å². The Hall–Kier alpha value is -0.590. The van der Waals surface area contributed by atoms with E-state index in [1.54, 1.807) is 13.0 Å². The summed E-state index contributed by atoms with van der Waals surface area (Å²) in [6, 6.07) is 0. The molecule has 0 aromatic rings. The van der Waals surface area contributed by atoms with Crippen LogP contribution in [0.15, 0.2) is 12.3 Å². The summed E-state index contributed by atoms with van der Waals surface area (Å²) in [6.45, 7) is 6.71. The van der Waals surface area contributed by atoms with Crippen LogP contribution in [0.1, 0.15) is 72.1 Å². The second kappa shape index (κ2) is 21.7. The third-order valence-electron chi connectivity index (χ3n) is 2.90. The topological polar surface area (TPSA) is 142 Å². The number of unbranched alkanes of at least 4 members (excludes halogenated alkanes) is 6. The Kier molecular flexibility index (Phi) is 23.0. The van der Waals surface area contributed by atoms with Crippen LogP contribution in [0.4, 0.5) is 0 Å². The van der Waals surface area contributed by atoms with Crippen LogP contribution in [0, 0.1) is 5.92 Å². The van der Waals surface area contributed by atoms with Gasteiger partial charge in [-0.1, -0.05) is 58.8 Å². The minimum absolute atomic E-state index is 0.423. The van der Waals surface area contributed by atoms with Gasteiger partial charge in [-0.25, -0.2) is 9.45 Å². The van der Waals surface area contributed by atoms with Crippen molar-refractivity contribution in [2.45, 2.75) is 72.1 Å². The van der Waals surface area contributed by atoms with Crippen LogP contribution in [0.25, 0.3) is 0 Å². The standard InChI is InChI=1S/C15H30O7.H3O4P/c1-4-13-16-18-20-22-21-19-17-14-11-9-7-5-6-8-10-12-15(2)3;1-5(2,3)4/h4,13,15H,5-12,14H2,1-3H3;(H3,1,2,3,4). The van der Waals surface area contributed by atoms with Gasteiger partial charge in [0.25, 0.3) is 0 Å². The van der Waals surface area contributed by atoms with Gasteiger partial charge in [0.1, 0.15) is 6.26 Å². The van der Waals surface area contributed by atoms with Crippen molar-refractivity contribution in [3.05, 3.63) is 12.3 Å². The zero-order valence-corrected chi connectivity index (χ0v) is 17.0. The Morgan fingerprint density at radius 3 is 1.85 bits per heavy atom. The van der Waals surface area contributed by atoms with Crippen LogP contribution in [0.2, 0.25) is 0 Å². The summed E-state index contributed by atoms with van der Waals surface area (Å²) < 4.78 is 8.88. The lowest BCUT2D eigenvalue weighted by atomic mass is 10.0. The first-order valence-corrected chi connectivity index (χ1v) is 10.3. The molecule has 0 aliphatic carbocycles. The second-order valence-corrected chi connectivity index (χ2v) is 6.93. The summed E-state index contributed by atoms with van der Waals surface area (Å²) in [7, 11) is -4.64. The molecule has 0 spiro atoms. The maximum atomic E-state index is 8.88. The monoisotopic (exact) mass is 420 g/mol. The largest absolute Gasteiger partial charge is 0.466 e. The predicted octanol–water partition coefficient (Wildman–Crippen LogP) is 3.97. The molecule has 164 valence electrons. The third-order valence-corrected chi connectivity index (χ3v) is 2.90. The zero-order chi connectivity index (χ0) is 20.8. The van der Waals surface area contributed by atoms with E-state index in [0.717, 1.165) is 18.8 Å². The Morgan fingerprint density at radius 2 is 1.30 bits per heavy atom. The van der Waals surface area contributed by atoms with Gasteiger partial charge >= 0.3 is 7.82 Å². The molecule has 0 amide bonds. The summed E-state index contributed by atoms with van der Waals surface area (Å²) in [5.41, 5.74) is 0. The Bertz CT molecular complexity index is 351. The third kappa shape index (κ3) is 41.1. The minimum Gasteiger partial charge on any atom is -0.314 e. The molecule has 0 heterocycles. The Balaban J connectivity index is 0. The van der Waals surface area contributed by atoms with E-state index in [-0.39, 0.29) is 0 Å². The summed E-state index contributed by atoms with van der Waals surface area (Å²) >= 11 is 0. The van der Waals surface area contributed by atoms with Gasteiger partial charge in [0.05, 0.1) is 6.61 Å². The highest BCUT2D eigenvalue weighted by molar-refractivity contribution is 7.45. The molecular formula is C15H33O11P. The molecule has 0 rings (SSSR count). The van der Waals surface area contributed by atoms with E-state index in [1.165, 1.54) is 44.8 Å². The smallest absolute Gasteiger partial charge is 0.314 e. The molecule has 0 saturated carbocycles. The molecule has 12 heteroatoms. The van der Waals surface area contributed by atoms with Crippen molar-refractivity contribution < 1.29 is 54.2 Å². The van der Waals surface area contributed by atoms with E-state index in [1.807, 2.05) is 0 Å². The van der Waals surface area contributed by atoms with E-state index in [4.69, 9.17) is 24.1 Å². The SMILES string of the molecule is CC=COOOOOOOCCCCCCCCCC(C)C.O=P(O)(O)O. The fraction of sp³-hybridized carbons (Fsp3) is 0.867. The summed E-state index contributed by atoms with van der Waals surface area (Å²) in [4.78, 5) is 30.6. The van der Waals surface area contributed by atoms with Crippen LogP contribution < -0.4 is 0 Å². The molecule has 0 bridgehead atoms. The minimum atomic E-state index is -4.64. The molecule has 0 aliphatic rings. The van der Waals surface area contributed by atoms with Crippen LogP contribution in [-0.2, 0) is 39.5 Å². The predicted molar refractivity (Wildman–Crippen MR) is 93.3 cm³/mol. The molecule has 0 aromatic heterocycles. The van der Waals surface area contributed by atoms with E-state index < -0.39 is 7.82 Å². The van der Waals surface area contributed by atoms with Gasteiger partial charge in [-0.3, -0.25) is 0 Å². The highest BCUT2D eigenvalue weighted by Gasteiger charge is 2.00. The van der Waals surface area contributed by atoms with Gasteiger partial charge in [0.15, 0.2) is 0 Å². The number of allylic oxidation sites excluding steroid dienone is 1. The molecule has 0 radical (unpaired) electrons. The second-order valence-electron chi connectivity index (χ2n) is 5.90. The quantitative estimate of drug-likeness (QED) is 0.103. The van der Waals surface area contributed by atoms with Gasteiger partial charge in [0, 0.05) is 15.1 Å². The number of phosphoric acid groups is 1. The molecule has 0 aliphatic heterocycles. The van der Waals surface area contributed by atoms with Crippen molar-refractivity contribution in [3.63, 3.8) is 0 Å². The lowest BCUT2D eigenvalue weighted by Gasteiger charge is -2.04. The highest BCUT2D eigenvalue weighted by Crippen LogP contribution is 2.25. The van der Waals surface area contributed by atoms with Crippen molar-refractivity contribution in [2.24, 2.45) is 5.92 Å². The Labute approximate surface area is 159 Å². The van der Waals surface area contributed by atoms with E-state index in [2.05, 4.69) is 43.9 Å². The summed E-state index contributed by atoms with van der Waals surface area (Å²) in [5.74, 6) is 0.820. The van der Waals surface area contributed by atoms with E-state index >= 15 is 0 Å². The lowest BCUT2D eigenvalue weighted by molar-refractivity contribution is -0.786. The molecule has 0 fully saturated rings.